The van der Waals surface area contributed by atoms with Gasteiger partial charge >= 0.3 is 0 Å². The number of nitrogens with zero attached hydrogens (tertiary/aromatic N) is 1. The first kappa shape index (κ1) is 17.8. The van der Waals surface area contributed by atoms with Crippen molar-refractivity contribution in [2.75, 3.05) is 17.8 Å². The molecule has 1 aliphatic heterocycles. The molecule has 2 aromatic carbocycles. The molecule has 1 N–H and O–H groups in total. The van der Waals surface area contributed by atoms with Crippen molar-refractivity contribution < 1.29 is 13.2 Å². The van der Waals surface area contributed by atoms with Gasteiger partial charge in [-0.25, -0.2) is 8.42 Å². The van der Waals surface area contributed by atoms with E-state index in [0.717, 1.165) is 12.8 Å². The molecule has 0 aromatic heterocycles. The van der Waals surface area contributed by atoms with Gasteiger partial charge in [0.25, 0.3) is 15.9 Å². The molecule has 0 aliphatic carbocycles. The molecular formula is C18H19ClN2O3S. The van der Waals surface area contributed by atoms with E-state index in [-0.39, 0.29) is 10.8 Å². The van der Waals surface area contributed by atoms with Crippen LogP contribution in [0.3, 0.4) is 0 Å². The summed E-state index contributed by atoms with van der Waals surface area (Å²) in [6, 6.07) is 11.2. The maximum Gasteiger partial charge on any atom is 0.261 e. The summed E-state index contributed by atoms with van der Waals surface area (Å²) >= 11 is 5.90. The average Bonchev–Trinajstić information content (AvgIpc) is 3.10. The molecule has 1 saturated heterocycles. The maximum atomic E-state index is 12.8. The summed E-state index contributed by atoms with van der Waals surface area (Å²) in [6.07, 6.45) is 1.95. The van der Waals surface area contributed by atoms with Crippen LogP contribution in [0.5, 0.6) is 0 Å². The first-order chi connectivity index (χ1) is 11.9. The van der Waals surface area contributed by atoms with Crippen molar-refractivity contribution in [3.63, 3.8) is 0 Å². The van der Waals surface area contributed by atoms with E-state index >= 15 is 0 Å². The molecule has 1 heterocycles. The van der Waals surface area contributed by atoms with Gasteiger partial charge in [0.2, 0.25) is 0 Å². The lowest BCUT2D eigenvalue weighted by Gasteiger charge is -2.19. The van der Waals surface area contributed by atoms with Crippen molar-refractivity contribution in [3.05, 3.63) is 58.6 Å². The Morgan fingerprint density at radius 3 is 2.48 bits per heavy atom. The fourth-order valence-corrected chi connectivity index (χ4v) is 4.35. The fourth-order valence-electron chi connectivity index (χ4n) is 2.90. The van der Waals surface area contributed by atoms with Gasteiger partial charge in [0.15, 0.2) is 0 Å². The van der Waals surface area contributed by atoms with Gasteiger partial charge in [-0.15, -0.1) is 0 Å². The molecular weight excluding hydrogens is 360 g/mol. The Hall–Kier alpha value is -2.05. The van der Waals surface area contributed by atoms with E-state index in [4.69, 9.17) is 11.6 Å². The van der Waals surface area contributed by atoms with E-state index < -0.39 is 10.0 Å². The van der Waals surface area contributed by atoms with E-state index in [1.165, 1.54) is 12.1 Å². The molecule has 132 valence electrons. The van der Waals surface area contributed by atoms with Crippen LogP contribution in [0.2, 0.25) is 5.02 Å². The number of rotatable bonds is 4. The third-order valence-corrected chi connectivity index (χ3v) is 5.82. The third-order valence-electron chi connectivity index (χ3n) is 4.24. The summed E-state index contributed by atoms with van der Waals surface area (Å²) < 4.78 is 28.0. The van der Waals surface area contributed by atoms with E-state index in [1.54, 1.807) is 42.2 Å². The summed E-state index contributed by atoms with van der Waals surface area (Å²) in [5, 5.41) is 0.334. The predicted octanol–water partition coefficient (Wildman–Crippen LogP) is 3.69. The standard InChI is InChI=1S/C18H19ClN2O3S/c1-13-6-4-9-16(18(22)21-10-2-3-11-21)17(13)20-25(23,24)15-8-5-7-14(19)12-15/h4-9,12,20H,2-3,10-11H2,1H3. The summed E-state index contributed by atoms with van der Waals surface area (Å²) in [7, 11) is -3.84. The molecule has 2 aromatic rings. The molecule has 0 unspecified atom stereocenters. The van der Waals surface area contributed by atoms with Crippen molar-refractivity contribution in [1.29, 1.82) is 0 Å². The minimum absolute atomic E-state index is 0.0582. The number of carbonyl (C=O) groups is 1. The summed E-state index contributed by atoms with van der Waals surface area (Å²) in [4.78, 5) is 14.6. The van der Waals surface area contributed by atoms with Crippen LogP contribution in [0.1, 0.15) is 28.8 Å². The largest absolute Gasteiger partial charge is 0.339 e. The number of likely N-dealkylation sites (tertiary alicyclic amines) is 1. The number of para-hydroxylation sites is 1. The number of sulfonamides is 1. The summed E-state index contributed by atoms with van der Waals surface area (Å²) in [6.45, 7) is 3.18. The van der Waals surface area contributed by atoms with Gasteiger partial charge in [-0.2, -0.15) is 0 Å². The molecule has 3 rings (SSSR count). The van der Waals surface area contributed by atoms with Crippen LogP contribution in [0.25, 0.3) is 0 Å². The lowest BCUT2D eigenvalue weighted by atomic mass is 10.1. The third kappa shape index (κ3) is 3.80. The molecule has 0 atom stereocenters. The molecule has 0 radical (unpaired) electrons. The van der Waals surface area contributed by atoms with Crippen LogP contribution in [0.15, 0.2) is 47.4 Å². The quantitative estimate of drug-likeness (QED) is 0.882. The highest BCUT2D eigenvalue weighted by molar-refractivity contribution is 7.92. The van der Waals surface area contributed by atoms with Crippen LogP contribution in [-0.4, -0.2) is 32.3 Å². The van der Waals surface area contributed by atoms with Gasteiger partial charge in [-0.05, 0) is 49.6 Å². The van der Waals surface area contributed by atoms with Crippen LogP contribution in [0.4, 0.5) is 5.69 Å². The van der Waals surface area contributed by atoms with E-state index in [9.17, 15) is 13.2 Å². The number of aryl methyl sites for hydroxylation is 1. The van der Waals surface area contributed by atoms with Gasteiger partial charge in [0.05, 0.1) is 16.1 Å². The van der Waals surface area contributed by atoms with Crippen LogP contribution in [-0.2, 0) is 10.0 Å². The molecule has 25 heavy (non-hydrogen) atoms. The fraction of sp³-hybridized carbons (Fsp3) is 0.278. The first-order valence-electron chi connectivity index (χ1n) is 8.06. The van der Waals surface area contributed by atoms with Gasteiger partial charge in [-0.1, -0.05) is 29.8 Å². The number of halogens is 1. The lowest BCUT2D eigenvalue weighted by Crippen LogP contribution is -2.29. The summed E-state index contributed by atoms with van der Waals surface area (Å²) in [5.41, 5.74) is 1.38. The van der Waals surface area contributed by atoms with E-state index in [0.29, 0.717) is 34.9 Å². The second kappa shape index (κ2) is 7.06. The van der Waals surface area contributed by atoms with Crippen LogP contribution < -0.4 is 4.72 Å². The van der Waals surface area contributed by atoms with Gasteiger partial charge in [0, 0.05) is 18.1 Å². The van der Waals surface area contributed by atoms with Crippen molar-refractivity contribution in [2.24, 2.45) is 0 Å². The molecule has 1 aliphatic rings. The zero-order valence-electron chi connectivity index (χ0n) is 13.8. The summed E-state index contributed by atoms with van der Waals surface area (Å²) in [5.74, 6) is -0.148. The van der Waals surface area contributed by atoms with Crippen LogP contribution >= 0.6 is 11.6 Å². The minimum atomic E-state index is -3.84. The Bertz CT molecular complexity index is 906. The van der Waals surface area contributed by atoms with Crippen molar-refractivity contribution in [2.45, 2.75) is 24.7 Å². The first-order valence-corrected chi connectivity index (χ1v) is 9.92. The molecule has 0 bridgehead atoms. The van der Waals surface area contributed by atoms with E-state index in [1.807, 2.05) is 0 Å². The smallest absolute Gasteiger partial charge is 0.261 e. The second-order valence-electron chi connectivity index (χ2n) is 6.06. The number of hydrogen-bond donors (Lipinski definition) is 1. The Morgan fingerprint density at radius 2 is 1.80 bits per heavy atom. The Balaban J connectivity index is 1.98. The average molecular weight is 379 g/mol. The molecule has 7 heteroatoms. The highest BCUT2D eigenvalue weighted by Crippen LogP contribution is 2.27. The zero-order valence-corrected chi connectivity index (χ0v) is 15.4. The number of benzene rings is 2. The number of anilines is 1. The molecule has 5 nitrogen and oxygen atoms in total. The number of nitrogens with one attached hydrogen (secondary N) is 1. The molecule has 1 fully saturated rings. The lowest BCUT2D eigenvalue weighted by molar-refractivity contribution is 0.0794. The van der Waals surface area contributed by atoms with Gasteiger partial charge < -0.3 is 4.90 Å². The SMILES string of the molecule is Cc1cccc(C(=O)N2CCCC2)c1NS(=O)(=O)c1cccc(Cl)c1. The highest BCUT2D eigenvalue weighted by atomic mass is 35.5. The van der Waals surface area contributed by atoms with Crippen molar-refractivity contribution in [1.82, 2.24) is 4.90 Å². The highest BCUT2D eigenvalue weighted by Gasteiger charge is 2.25. The molecule has 0 saturated carbocycles. The van der Waals surface area contributed by atoms with Crippen molar-refractivity contribution in [3.8, 4) is 0 Å². The van der Waals surface area contributed by atoms with Crippen molar-refractivity contribution >= 4 is 33.2 Å². The second-order valence-corrected chi connectivity index (χ2v) is 8.18. The molecule has 0 spiro atoms. The molecule has 1 amide bonds. The normalized spacial score (nSPS) is 14.6. The van der Waals surface area contributed by atoms with Crippen LogP contribution in [0, 0.1) is 6.92 Å². The minimum Gasteiger partial charge on any atom is -0.339 e. The number of carbonyl (C=O) groups excluding carboxylic acids is 1. The van der Waals surface area contributed by atoms with E-state index in [2.05, 4.69) is 4.72 Å². The zero-order chi connectivity index (χ0) is 18.0. The Kier molecular flexibility index (Phi) is 5.01. The monoisotopic (exact) mass is 378 g/mol. The number of amides is 1. The van der Waals surface area contributed by atoms with Gasteiger partial charge in [0.1, 0.15) is 0 Å². The maximum absolute atomic E-state index is 12.8. The number of hydrogen-bond acceptors (Lipinski definition) is 3. The Labute approximate surface area is 152 Å². The predicted molar refractivity (Wildman–Crippen MR) is 98.6 cm³/mol. The topological polar surface area (TPSA) is 66.5 Å². The van der Waals surface area contributed by atoms with Gasteiger partial charge in [-0.3, -0.25) is 9.52 Å². The Morgan fingerprint density at radius 1 is 1.12 bits per heavy atom.